The van der Waals surface area contributed by atoms with Crippen LogP contribution in [0.15, 0.2) is 50.2 Å². The molecule has 6 nitrogen and oxygen atoms in total. The average molecular weight is 298 g/mol. The van der Waals surface area contributed by atoms with E-state index in [4.69, 9.17) is 8.83 Å². The first-order valence-corrected chi connectivity index (χ1v) is 6.77. The Morgan fingerprint density at radius 3 is 2.77 bits per heavy atom. The molecular formula is C16H14N2O4. The average Bonchev–Trinajstić information content (AvgIpc) is 3.09. The first-order chi connectivity index (χ1) is 10.5. The second-order valence-corrected chi connectivity index (χ2v) is 5.05. The second-order valence-electron chi connectivity index (χ2n) is 5.05. The molecule has 3 rings (SSSR count). The number of benzene rings is 1. The van der Waals surface area contributed by atoms with Crippen LogP contribution in [0.1, 0.15) is 21.5 Å². The molecule has 0 aliphatic rings. The van der Waals surface area contributed by atoms with Crippen molar-refractivity contribution in [1.29, 1.82) is 0 Å². The van der Waals surface area contributed by atoms with Gasteiger partial charge in [0, 0.05) is 5.56 Å². The molecule has 0 amide bonds. The normalized spacial score (nSPS) is 10.8. The van der Waals surface area contributed by atoms with E-state index in [0.717, 1.165) is 15.8 Å². The Balaban J connectivity index is 1.87. The standard InChI is InChI=1S/C16H14N2O4/c1-10-5-6-12(11(2)8-10)13(19)9-18-16(20)22-15(17-18)14-4-3-7-21-14/h3-8H,9H2,1-2H3. The summed E-state index contributed by atoms with van der Waals surface area (Å²) in [4.78, 5) is 24.1. The Morgan fingerprint density at radius 1 is 1.27 bits per heavy atom. The Labute approximate surface area is 126 Å². The zero-order valence-electron chi connectivity index (χ0n) is 12.2. The highest BCUT2D eigenvalue weighted by atomic mass is 16.4. The summed E-state index contributed by atoms with van der Waals surface area (Å²) in [5.41, 5.74) is 2.51. The zero-order valence-corrected chi connectivity index (χ0v) is 12.2. The number of nitrogens with zero attached hydrogens (tertiary/aromatic N) is 2. The van der Waals surface area contributed by atoms with Crippen LogP contribution < -0.4 is 5.76 Å². The van der Waals surface area contributed by atoms with Gasteiger partial charge in [-0.15, -0.1) is 5.10 Å². The maximum atomic E-state index is 12.3. The Morgan fingerprint density at radius 2 is 2.09 bits per heavy atom. The number of hydrogen-bond donors (Lipinski definition) is 0. The van der Waals surface area contributed by atoms with Crippen molar-refractivity contribution in [1.82, 2.24) is 9.78 Å². The summed E-state index contributed by atoms with van der Waals surface area (Å²) in [7, 11) is 0. The summed E-state index contributed by atoms with van der Waals surface area (Å²) in [6.07, 6.45) is 1.45. The minimum absolute atomic E-state index is 0.0587. The third-order valence-electron chi connectivity index (χ3n) is 3.31. The van der Waals surface area contributed by atoms with Gasteiger partial charge in [-0.1, -0.05) is 23.8 Å². The summed E-state index contributed by atoms with van der Waals surface area (Å²) < 4.78 is 11.1. The van der Waals surface area contributed by atoms with E-state index in [1.54, 1.807) is 18.2 Å². The number of carbonyl (C=O) groups excluding carboxylic acids is 1. The van der Waals surface area contributed by atoms with E-state index in [2.05, 4.69) is 5.10 Å². The molecule has 0 N–H and O–H groups in total. The van der Waals surface area contributed by atoms with Crippen molar-refractivity contribution < 1.29 is 13.6 Å². The number of Topliss-reactive ketones (excluding diaryl/α,β-unsaturated/α-hetero) is 1. The Hall–Kier alpha value is -2.89. The molecule has 2 heterocycles. The molecule has 0 fully saturated rings. The number of aromatic nitrogens is 2. The SMILES string of the molecule is Cc1ccc(C(=O)Cn2nc(-c3ccco3)oc2=O)c(C)c1. The predicted molar refractivity (Wildman–Crippen MR) is 78.7 cm³/mol. The van der Waals surface area contributed by atoms with Gasteiger partial charge in [-0.2, -0.15) is 4.68 Å². The van der Waals surface area contributed by atoms with E-state index in [1.165, 1.54) is 6.26 Å². The number of ketones is 1. The molecule has 1 aromatic carbocycles. The van der Waals surface area contributed by atoms with Gasteiger partial charge in [-0.05, 0) is 31.5 Å². The molecule has 2 aromatic heterocycles. The van der Waals surface area contributed by atoms with Gasteiger partial charge in [-0.3, -0.25) is 4.79 Å². The van der Waals surface area contributed by atoms with Gasteiger partial charge in [0.05, 0.1) is 6.26 Å². The fourth-order valence-corrected chi connectivity index (χ4v) is 2.25. The van der Waals surface area contributed by atoms with Crippen LogP contribution >= 0.6 is 0 Å². The van der Waals surface area contributed by atoms with E-state index in [9.17, 15) is 9.59 Å². The number of aryl methyl sites for hydroxylation is 2. The molecule has 0 spiro atoms. The Bertz CT molecular complexity index is 872. The van der Waals surface area contributed by atoms with Crippen LogP contribution in [-0.4, -0.2) is 15.6 Å². The van der Waals surface area contributed by atoms with Gasteiger partial charge in [0.15, 0.2) is 11.5 Å². The largest absolute Gasteiger partial charge is 0.459 e. The van der Waals surface area contributed by atoms with Crippen molar-refractivity contribution in [3.63, 3.8) is 0 Å². The lowest BCUT2D eigenvalue weighted by atomic mass is 10.0. The van der Waals surface area contributed by atoms with Crippen LogP contribution in [0.4, 0.5) is 0 Å². The number of hydrogen-bond acceptors (Lipinski definition) is 5. The summed E-state index contributed by atoms with van der Waals surface area (Å²) in [5, 5.41) is 3.99. The molecule has 0 unspecified atom stereocenters. The fourth-order valence-electron chi connectivity index (χ4n) is 2.25. The molecule has 0 saturated carbocycles. The lowest BCUT2D eigenvalue weighted by Gasteiger charge is -2.05. The summed E-state index contributed by atoms with van der Waals surface area (Å²) >= 11 is 0. The Kier molecular flexibility index (Phi) is 3.50. The number of rotatable bonds is 4. The second kappa shape index (κ2) is 5.48. The first-order valence-electron chi connectivity index (χ1n) is 6.77. The zero-order chi connectivity index (χ0) is 15.7. The molecule has 22 heavy (non-hydrogen) atoms. The van der Waals surface area contributed by atoms with E-state index < -0.39 is 5.76 Å². The number of carbonyl (C=O) groups is 1. The van der Waals surface area contributed by atoms with Crippen molar-refractivity contribution in [3.8, 4) is 11.7 Å². The maximum Gasteiger partial charge on any atom is 0.437 e. The molecule has 0 saturated heterocycles. The quantitative estimate of drug-likeness (QED) is 0.692. The van der Waals surface area contributed by atoms with Gasteiger partial charge in [0.2, 0.25) is 0 Å². The van der Waals surface area contributed by atoms with Crippen LogP contribution in [0.25, 0.3) is 11.7 Å². The van der Waals surface area contributed by atoms with Crippen LogP contribution in [0.2, 0.25) is 0 Å². The molecule has 3 aromatic rings. The first kappa shape index (κ1) is 14.1. The number of furan rings is 1. The third kappa shape index (κ3) is 2.63. The van der Waals surface area contributed by atoms with E-state index >= 15 is 0 Å². The summed E-state index contributed by atoms with van der Waals surface area (Å²) in [6.45, 7) is 3.64. The molecular weight excluding hydrogens is 284 g/mol. The van der Waals surface area contributed by atoms with Crippen LogP contribution in [0, 0.1) is 13.8 Å². The molecule has 6 heteroatoms. The summed E-state index contributed by atoms with van der Waals surface area (Å²) in [6, 6.07) is 8.83. The van der Waals surface area contributed by atoms with Gasteiger partial charge in [0.1, 0.15) is 6.54 Å². The van der Waals surface area contributed by atoms with E-state index in [0.29, 0.717) is 11.3 Å². The third-order valence-corrected chi connectivity index (χ3v) is 3.31. The van der Waals surface area contributed by atoms with Crippen LogP contribution in [0.5, 0.6) is 0 Å². The van der Waals surface area contributed by atoms with Crippen molar-refractivity contribution >= 4 is 5.78 Å². The lowest BCUT2D eigenvalue weighted by Crippen LogP contribution is -2.22. The minimum atomic E-state index is -0.690. The van der Waals surface area contributed by atoms with Crippen molar-refractivity contribution in [2.75, 3.05) is 0 Å². The van der Waals surface area contributed by atoms with Gasteiger partial charge in [0.25, 0.3) is 5.89 Å². The van der Waals surface area contributed by atoms with Gasteiger partial charge < -0.3 is 8.83 Å². The van der Waals surface area contributed by atoms with Crippen molar-refractivity contribution in [2.24, 2.45) is 0 Å². The highest BCUT2D eigenvalue weighted by molar-refractivity contribution is 5.97. The molecule has 0 bridgehead atoms. The van der Waals surface area contributed by atoms with Crippen LogP contribution in [-0.2, 0) is 6.54 Å². The molecule has 0 aliphatic carbocycles. The van der Waals surface area contributed by atoms with Crippen LogP contribution in [0.3, 0.4) is 0 Å². The van der Waals surface area contributed by atoms with E-state index in [1.807, 2.05) is 26.0 Å². The molecule has 0 atom stereocenters. The minimum Gasteiger partial charge on any atom is -0.459 e. The van der Waals surface area contributed by atoms with Gasteiger partial charge in [-0.25, -0.2) is 4.79 Å². The lowest BCUT2D eigenvalue weighted by molar-refractivity contribution is 0.0964. The highest BCUT2D eigenvalue weighted by Gasteiger charge is 2.16. The molecule has 112 valence electrons. The fraction of sp³-hybridized carbons (Fsp3) is 0.188. The smallest absolute Gasteiger partial charge is 0.437 e. The molecule has 0 aliphatic heterocycles. The molecule has 0 radical (unpaired) electrons. The monoisotopic (exact) mass is 298 g/mol. The van der Waals surface area contributed by atoms with Crippen molar-refractivity contribution in [2.45, 2.75) is 20.4 Å². The predicted octanol–water partition coefficient (Wildman–Crippen LogP) is 2.60. The maximum absolute atomic E-state index is 12.3. The van der Waals surface area contributed by atoms with E-state index in [-0.39, 0.29) is 18.2 Å². The topological polar surface area (TPSA) is 78.2 Å². The highest BCUT2D eigenvalue weighted by Crippen LogP contribution is 2.16. The van der Waals surface area contributed by atoms with Crippen molar-refractivity contribution in [3.05, 3.63) is 63.8 Å². The summed E-state index contributed by atoms with van der Waals surface area (Å²) in [5.74, 6) is -0.485. The van der Waals surface area contributed by atoms with Gasteiger partial charge >= 0.3 is 5.76 Å².